The van der Waals surface area contributed by atoms with Gasteiger partial charge in [-0.15, -0.1) is 0 Å². The van der Waals surface area contributed by atoms with Gasteiger partial charge in [-0.2, -0.15) is 0 Å². The molecule has 2 rings (SSSR count). The van der Waals surface area contributed by atoms with Crippen LogP contribution in [0.1, 0.15) is 29.4 Å². The first-order chi connectivity index (χ1) is 10.1. The first-order valence-electron chi connectivity index (χ1n) is 6.88. The highest BCUT2D eigenvalue weighted by Crippen LogP contribution is 2.25. The van der Waals surface area contributed by atoms with Gasteiger partial charge in [0.15, 0.2) is 0 Å². The summed E-state index contributed by atoms with van der Waals surface area (Å²) in [5.74, 6) is -0.272. The van der Waals surface area contributed by atoms with Crippen molar-refractivity contribution in [3.05, 3.63) is 52.8 Å². The number of hydrogen-bond acceptors (Lipinski definition) is 3. The number of amides is 1. The molecule has 21 heavy (non-hydrogen) atoms. The van der Waals surface area contributed by atoms with Gasteiger partial charge >= 0.3 is 0 Å². The Morgan fingerprint density at radius 3 is 2.86 bits per heavy atom. The molecule has 0 saturated carbocycles. The van der Waals surface area contributed by atoms with Gasteiger partial charge in [0, 0.05) is 18.4 Å². The van der Waals surface area contributed by atoms with E-state index in [0.29, 0.717) is 16.4 Å². The van der Waals surface area contributed by atoms with Crippen LogP contribution >= 0.6 is 11.6 Å². The van der Waals surface area contributed by atoms with Gasteiger partial charge < -0.3 is 10.6 Å². The number of pyridine rings is 1. The van der Waals surface area contributed by atoms with E-state index < -0.39 is 0 Å². The number of aryl methyl sites for hydroxylation is 1. The smallest absolute Gasteiger partial charge is 0.274 e. The molecule has 110 valence electrons. The van der Waals surface area contributed by atoms with Crippen molar-refractivity contribution in [3.8, 4) is 0 Å². The molecule has 2 aromatic rings. The number of rotatable bonds is 5. The van der Waals surface area contributed by atoms with Crippen LogP contribution in [-0.4, -0.2) is 17.4 Å². The lowest BCUT2D eigenvalue weighted by Gasteiger charge is -2.11. The predicted octanol–water partition coefficient (Wildman–Crippen LogP) is 4.12. The van der Waals surface area contributed by atoms with Gasteiger partial charge in [-0.1, -0.05) is 30.7 Å². The van der Waals surface area contributed by atoms with Crippen molar-refractivity contribution < 1.29 is 4.79 Å². The molecule has 5 heteroatoms. The molecule has 1 amide bonds. The summed E-state index contributed by atoms with van der Waals surface area (Å²) in [4.78, 5) is 16.4. The SMILES string of the molecule is CCCNc1ccnc(C(=O)Nc2c(C)cccc2Cl)c1. The van der Waals surface area contributed by atoms with Crippen LogP contribution in [0.4, 0.5) is 11.4 Å². The highest BCUT2D eigenvalue weighted by molar-refractivity contribution is 6.34. The second kappa shape index (κ2) is 7.09. The summed E-state index contributed by atoms with van der Waals surface area (Å²) in [5.41, 5.74) is 2.78. The zero-order chi connectivity index (χ0) is 15.2. The van der Waals surface area contributed by atoms with Crippen LogP contribution in [0.5, 0.6) is 0 Å². The molecule has 1 heterocycles. The van der Waals surface area contributed by atoms with Gasteiger partial charge in [-0.25, -0.2) is 0 Å². The summed E-state index contributed by atoms with van der Waals surface area (Å²) in [7, 11) is 0. The van der Waals surface area contributed by atoms with Crippen LogP contribution in [0.3, 0.4) is 0 Å². The van der Waals surface area contributed by atoms with Gasteiger partial charge in [0.1, 0.15) is 5.69 Å². The summed E-state index contributed by atoms with van der Waals surface area (Å²) in [6.07, 6.45) is 2.63. The van der Waals surface area contributed by atoms with E-state index >= 15 is 0 Å². The number of para-hydroxylation sites is 1. The van der Waals surface area contributed by atoms with E-state index in [9.17, 15) is 4.79 Å². The van der Waals surface area contributed by atoms with Crippen molar-refractivity contribution in [2.75, 3.05) is 17.2 Å². The minimum absolute atomic E-state index is 0.272. The molecule has 2 N–H and O–H groups in total. The largest absolute Gasteiger partial charge is 0.385 e. The Hall–Kier alpha value is -2.07. The molecule has 0 unspecified atom stereocenters. The number of aromatic nitrogens is 1. The van der Waals surface area contributed by atoms with Gasteiger partial charge in [0.05, 0.1) is 10.7 Å². The maximum atomic E-state index is 12.3. The van der Waals surface area contributed by atoms with Crippen LogP contribution in [0, 0.1) is 6.92 Å². The number of nitrogens with one attached hydrogen (secondary N) is 2. The molecular weight excluding hydrogens is 286 g/mol. The lowest BCUT2D eigenvalue weighted by atomic mass is 10.2. The molecule has 0 spiro atoms. The topological polar surface area (TPSA) is 54.0 Å². The Kier molecular flexibility index (Phi) is 5.17. The fourth-order valence-corrected chi connectivity index (χ4v) is 2.17. The average Bonchev–Trinajstić information content (AvgIpc) is 2.49. The molecular formula is C16H18ClN3O. The number of carbonyl (C=O) groups excluding carboxylic acids is 1. The third kappa shape index (κ3) is 3.95. The van der Waals surface area contributed by atoms with E-state index in [2.05, 4.69) is 22.5 Å². The number of nitrogens with zero attached hydrogens (tertiary/aromatic N) is 1. The van der Waals surface area contributed by atoms with Gasteiger partial charge in [-0.3, -0.25) is 9.78 Å². The number of benzene rings is 1. The van der Waals surface area contributed by atoms with E-state index in [1.54, 1.807) is 18.3 Å². The van der Waals surface area contributed by atoms with Crippen LogP contribution in [0.2, 0.25) is 5.02 Å². The third-order valence-corrected chi connectivity index (χ3v) is 3.35. The number of halogens is 1. The molecule has 4 nitrogen and oxygen atoms in total. The van der Waals surface area contributed by atoms with Gasteiger partial charge in [-0.05, 0) is 37.1 Å². The Morgan fingerprint density at radius 1 is 1.33 bits per heavy atom. The Bertz CT molecular complexity index is 623. The molecule has 1 aromatic heterocycles. The highest BCUT2D eigenvalue weighted by Gasteiger charge is 2.12. The van der Waals surface area contributed by atoms with E-state index in [-0.39, 0.29) is 5.91 Å². The summed E-state index contributed by atoms with van der Waals surface area (Å²) in [6.45, 7) is 4.84. The fraction of sp³-hybridized carbons (Fsp3) is 0.250. The first kappa shape index (κ1) is 15.3. The van der Waals surface area contributed by atoms with Crippen LogP contribution in [0.25, 0.3) is 0 Å². The summed E-state index contributed by atoms with van der Waals surface area (Å²) in [6, 6.07) is 9.07. The van der Waals surface area contributed by atoms with Crippen molar-refractivity contribution in [1.29, 1.82) is 0 Å². The summed E-state index contributed by atoms with van der Waals surface area (Å²) in [5, 5.41) is 6.56. The fourth-order valence-electron chi connectivity index (χ4n) is 1.90. The van der Waals surface area contributed by atoms with E-state index in [0.717, 1.165) is 24.2 Å². The molecule has 0 saturated heterocycles. The van der Waals surface area contributed by atoms with Crippen molar-refractivity contribution in [2.45, 2.75) is 20.3 Å². The van der Waals surface area contributed by atoms with Gasteiger partial charge in [0.25, 0.3) is 5.91 Å². The predicted molar refractivity (Wildman–Crippen MR) is 87.2 cm³/mol. The van der Waals surface area contributed by atoms with Crippen LogP contribution in [0.15, 0.2) is 36.5 Å². The molecule has 0 aliphatic rings. The lowest BCUT2D eigenvalue weighted by Crippen LogP contribution is -2.15. The second-order valence-corrected chi connectivity index (χ2v) is 5.15. The van der Waals surface area contributed by atoms with Crippen molar-refractivity contribution >= 4 is 28.9 Å². The average molecular weight is 304 g/mol. The number of anilines is 2. The Balaban J connectivity index is 2.17. The molecule has 0 aliphatic heterocycles. The second-order valence-electron chi connectivity index (χ2n) is 4.74. The normalized spacial score (nSPS) is 10.2. The van der Waals surface area contributed by atoms with Crippen molar-refractivity contribution in [1.82, 2.24) is 4.98 Å². The third-order valence-electron chi connectivity index (χ3n) is 3.03. The van der Waals surface area contributed by atoms with Crippen molar-refractivity contribution in [2.24, 2.45) is 0 Å². The summed E-state index contributed by atoms with van der Waals surface area (Å²) >= 11 is 6.11. The molecule has 0 radical (unpaired) electrons. The Labute approximate surface area is 129 Å². The number of hydrogen-bond donors (Lipinski definition) is 2. The van der Waals surface area contributed by atoms with Crippen LogP contribution in [-0.2, 0) is 0 Å². The van der Waals surface area contributed by atoms with E-state index in [1.165, 1.54) is 0 Å². The monoisotopic (exact) mass is 303 g/mol. The molecule has 0 bridgehead atoms. The highest BCUT2D eigenvalue weighted by atomic mass is 35.5. The molecule has 0 atom stereocenters. The van der Waals surface area contributed by atoms with Crippen molar-refractivity contribution in [3.63, 3.8) is 0 Å². The minimum Gasteiger partial charge on any atom is -0.385 e. The maximum Gasteiger partial charge on any atom is 0.274 e. The molecule has 1 aromatic carbocycles. The zero-order valence-corrected chi connectivity index (χ0v) is 12.9. The first-order valence-corrected chi connectivity index (χ1v) is 7.26. The lowest BCUT2D eigenvalue weighted by molar-refractivity contribution is 0.102. The van der Waals surface area contributed by atoms with E-state index in [4.69, 9.17) is 11.6 Å². The Morgan fingerprint density at radius 2 is 2.14 bits per heavy atom. The van der Waals surface area contributed by atoms with Crippen LogP contribution < -0.4 is 10.6 Å². The standard InChI is InChI=1S/C16H18ClN3O/c1-3-8-18-12-7-9-19-14(10-12)16(21)20-15-11(2)5-4-6-13(15)17/h4-7,9-10H,3,8H2,1-2H3,(H,18,19)(H,20,21). The summed E-state index contributed by atoms with van der Waals surface area (Å²) < 4.78 is 0. The number of carbonyl (C=O) groups is 1. The molecule has 0 aliphatic carbocycles. The maximum absolute atomic E-state index is 12.3. The molecule has 0 fully saturated rings. The van der Waals surface area contributed by atoms with Gasteiger partial charge in [0.2, 0.25) is 0 Å². The minimum atomic E-state index is -0.272. The van der Waals surface area contributed by atoms with E-state index in [1.807, 2.05) is 25.1 Å². The quantitative estimate of drug-likeness (QED) is 0.873. The zero-order valence-electron chi connectivity index (χ0n) is 12.1.